The van der Waals surface area contributed by atoms with E-state index in [0.29, 0.717) is 27.6 Å². The van der Waals surface area contributed by atoms with Crippen LogP contribution in [-0.2, 0) is 0 Å². The molecule has 24 heavy (non-hydrogen) atoms. The summed E-state index contributed by atoms with van der Waals surface area (Å²) in [6.45, 7) is 0. The molecule has 7 heteroatoms. The zero-order chi connectivity index (χ0) is 17.1. The molecule has 0 saturated heterocycles. The Bertz CT molecular complexity index is 768. The van der Waals surface area contributed by atoms with Gasteiger partial charge in [-0.1, -0.05) is 0 Å². The van der Waals surface area contributed by atoms with Gasteiger partial charge >= 0.3 is 0 Å². The summed E-state index contributed by atoms with van der Waals surface area (Å²) < 4.78 is 10.4. The zero-order valence-electron chi connectivity index (χ0n) is 13.4. The molecular formula is C17H18N2O4S. The van der Waals surface area contributed by atoms with E-state index < -0.39 is 0 Å². The van der Waals surface area contributed by atoms with Crippen molar-refractivity contribution >= 4 is 28.2 Å². The monoisotopic (exact) mass is 346 g/mol. The van der Waals surface area contributed by atoms with Gasteiger partial charge in [-0.15, -0.1) is 11.3 Å². The van der Waals surface area contributed by atoms with Crippen LogP contribution in [0.1, 0.15) is 33.6 Å². The van der Waals surface area contributed by atoms with Gasteiger partial charge in [-0.05, 0) is 42.5 Å². The molecule has 1 saturated carbocycles. The summed E-state index contributed by atoms with van der Waals surface area (Å²) in [4.78, 5) is 24.6. The van der Waals surface area contributed by atoms with Gasteiger partial charge in [0.25, 0.3) is 11.8 Å². The van der Waals surface area contributed by atoms with Gasteiger partial charge in [-0.2, -0.15) is 0 Å². The molecular weight excluding hydrogens is 328 g/mol. The first-order valence-corrected chi connectivity index (χ1v) is 8.42. The van der Waals surface area contributed by atoms with E-state index >= 15 is 0 Å². The molecule has 126 valence electrons. The Kier molecular flexibility index (Phi) is 4.71. The van der Waals surface area contributed by atoms with Crippen molar-refractivity contribution in [1.29, 1.82) is 0 Å². The lowest BCUT2D eigenvalue weighted by Crippen LogP contribution is -2.26. The predicted octanol–water partition coefficient (Wildman–Crippen LogP) is 2.91. The van der Waals surface area contributed by atoms with E-state index in [-0.39, 0.29) is 17.9 Å². The van der Waals surface area contributed by atoms with Gasteiger partial charge in [-0.3, -0.25) is 9.59 Å². The van der Waals surface area contributed by atoms with Crippen molar-refractivity contribution in [3.05, 3.63) is 40.8 Å². The molecule has 0 atom stereocenters. The van der Waals surface area contributed by atoms with Crippen LogP contribution in [0.15, 0.2) is 29.6 Å². The summed E-state index contributed by atoms with van der Waals surface area (Å²) in [6, 6.07) is 6.90. The molecule has 0 bridgehead atoms. The van der Waals surface area contributed by atoms with Crippen LogP contribution in [0.4, 0.5) is 5.00 Å². The van der Waals surface area contributed by atoms with Crippen LogP contribution in [0.25, 0.3) is 0 Å². The number of rotatable bonds is 6. The molecule has 1 aliphatic rings. The van der Waals surface area contributed by atoms with Crippen molar-refractivity contribution in [2.24, 2.45) is 0 Å². The fourth-order valence-corrected chi connectivity index (χ4v) is 3.01. The number of amides is 2. The molecule has 1 heterocycles. The standard InChI is InChI=1S/C17H18N2O4S/c1-22-13-6-3-10(9-14(13)23-2)15(20)19-17-12(7-8-24-17)16(21)18-11-4-5-11/h3,6-9,11H,4-5H2,1-2H3,(H,18,21)(H,19,20). The first-order chi connectivity index (χ1) is 11.6. The minimum absolute atomic E-state index is 0.152. The molecule has 0 spiro atoms. The lowest BCUT2D eigenvalue weighted by Gasteiger charge is -2.10. The fraction of sp³-hybridized carbons (Fsp3) is 0.294. The van der Waals surface area contributed by atoms with Crippen molar-refractivity contribution in [2.45, 2.75) is 18.9 Å². The molecule has 6 nitrogen and oxygen atoms in total. The third-order valence-electron chi connectivity index (χ3n) is 3.70. The molecule has 0 unspecified atom stereocenters. The first-order valence-electron chi connectivity index (χ1n) is 7.54. The topological polar surface area (TPSA) is 76.7 Å². The van der Waals surface area contributed by atoms with Crippen LogP contribution in [-0.4, -0.2) is 32.1 Å². The smallest absolute Gasteiger partial charge is 0.256 e. The molecule has 3 rings (SSSR count). The van der Waals surface area contributed by atoms with Crippen molar-refractivity contribution < 1.29 is 19.1 Å². The number of ether oxygens (including phenoxy) is 2. The van der Waals surface area contributed by atoms with Gasteiger partial charge in [0.05, 0.1) is 19.8 Å². The van der Waals surface area contributed by atoms with Crippen molar-refractivity contribution in [3.63, 3.8) is 0 Å². The Morgan fingerprint density at radius 1 is 1.08 bits per heavy atom. The maximum absolute atomic E-state index is 12.5. The molecule has 2 N–H and O–H groups in total. The average molecular weight is 346 g/mol. The molecule has 1 aliphatic carbocycles. The van der Waals surface area contributed by atoms with Gasteiger partial charge < -0.3 is 20.1 Å². The van der Waals surface area contributed by atoms with E-state index in [4.69, 9.17) is 9.47 Å². The van der Waals surface area contributed by atoms with Gasteiger partial charge in [-0.25, -0.2) is 0 Å². The second-order valence-electron chi connectivity index (χ2n) is 5.44. The Hall–Kier alpha value is -2.54. The number of hydrogen-bond donors (Lipinski definition) is 2. The maximum atomic E-state index is 12.5. The maximum Gasteiger partial charge on any atom is 0.256 e. The molecule has 0 radical (unpaired) electrons. The number of anilines is 1. The summed E-state index contributed by atoms with van der Waals surface area (Å²) in [7, 11) is 3.05. The van der Waals surface area contributed by atoms with Crippen LogP contribution >= 0.6 is 11.3 Å². The lowest BCUT2D eigenvalue weighted by atomic mass is 10.2. The van der Waals surface area contributed by atoms with Gasteiger partial charge in [0, 0.05) is 11.6 Å². The Morgan fingerprint density at radius 3 is 2.50 bits per heavy atom. The van der Waals surface area contributed by atoms with E-state index in [1.165, 1.54) is 25.6 Å². The van der Waals surface area contributed by atoms with Crippen molar-refractivity contribution in [1.82, 2.24) is 5.32 Å². The number of thiophene rings is 1. The largest absolute Gasteiger partial charge is 0.493 e. The first kappa shape index (κ1) is 16.3. The van der Waals surface area contributed by atoms with Crippen molar-refractivity contribution in [3.8, 4) is 11.5 Å². The van der Waals surface area contributed by atoms with E-state index in [0.717, 1.165) is 12.8 Å². The third-order valence-corrected chi connectivity index (χ3v) is 4.53. The second kappa shape index (κ2) is 6.92. The minimum Gasteiger partial charge on any atom is -0.493 e. The van der Waals surface area contributed by atoms with E-state index in [9.17, 15) is 9.59 Å². The molecule has 1 fully saturated rings. The highest BCUT2D eigenvalue weighted by atomic mass is 32.1. The quantitative estimate of drug-likeness (QED) is 0.843. The van der Waals surface area contributed by atoms with Crippen LogP contribution in [0.3, 0.4) is 0 Å². The fourth-order valence-electron chi connectivity index (χ4n) is 2.23. The molecule has 0 aliphatic heterocycles. The number of benzene rings is 1. The summed E-state index contributed by atoms with van der Waals surface area (Å²) >= 11 is 1.32. The normalized spacial score (nSPS) is 13.2. The highest BCUT2D eigenvalue weighted by Crippen LogP contribution is 2.29. The predicted molar refractivity (Wildman–Crippen MR) is 92.3 cm³/mol. The number of methoxy groups -OCH3 is 2. The number of carbonyl (C=O) groups is 2. The Labute approximate surface area is 143 Å². The molecule has 1 aromatic heterocycles. The van der Waals surface area contributed by atoms with Gasteiger partial charge in [0.15, 0.2) is 11.5 Å². The number of carbonyl (C=O) groups excluding carboxylic acids is 2. The summed E-state index contributed by atoms with van der Waals surface area (Å²) in [5, 5.41) is 8.03. The van der Waals surface area contributed by atoms with Crippen LogP contribution in [0.5, 0.6) is 11.5 Å². The van der Waals surface area contributed by atoms with E-state index in [2.05, 4.69) is 10.6 Å². The molecule has 1 aromatic carbocycles. The number of nitrogens with one attached hydrogen (secondary N) is 2. The third kappa shape index (κ3) is 3.51. The van der Waals surface area contributed by atoms with Crippen LogP contribution < -0.4 is 20.1 Å². The number of hydrogen-bond acceptors (Lipinski definition) is 5. The van der Waals surface area contributed by atoms with Gasteiger partial charge in [0.1, 0.15) is 5.00 Å². The lowest BCUT2D eigenvalue weighted by molar-refractivity contribution is 0.0952. The van der Waals surface area contributed by atoms with Crippen molar-refractivity contribution in [2.75, 3.05) is 19.5 Å². The molecule has 2 amide bonds. The summed E-state index contributed by atoms with van der Waals surface area (Å²) in [6.07, 6.45) is 2.03. The summed E-state index contributed by atoms with van der Waals surface area (Å²) in [5.41, 5.74) is 0.912. The van der Waals surface area contributed by atoms with Gasteiger partial charge in [0.2, 0.25) is 0 Å². The Balaban J connectivity index is 1.75. The van der Waals surface area contributed by atoms with Crippen LogP contribution in [0, 0.1) is 0 Å². The van der Waals surface area contributed by atoms with E-state index in [1.807, 2.05) is 0 Å². The average Bonchev–Trinajstić information content (AvgIpc) is 3.29. The van der Waals surface area contributed by atoms with E-state index in [1.54, 1.807) is 29.6 Å². The molecule has 2 aromatic rings. The SMILES string of the molecule is COc1ccc(C(=O)Nc2sccc2C(=O)NC2CC2)cc1OC. The zero-order valence-corrected chi connectivity index (χ0v) is 14.2. The second-order valence-corrected chi connectivity index (χ2v) is 6.35. The highest BCUT2D eigenvalue weighted by Gasteiger charge is 2.25. The van der Waals surface area contributed by atoms with Crippen LogP contribution in [0.2, 0.25) is 0 Å². The summed E-state index contributed by atoms with van der Waals surface area (Å²) in [5.74, 6) is 0.568. The highest BCUT2D eigenvalue weighted by molar-refractivity contribution is 7.14. The Morgan fingerprint density at radius 2 is 1.83 bits per heavy atom. The minimum atomic E-state index is -0.307.